The van der Waals surface area contributed by atoms with Crippen LogP contribution < -0.4 is 0 Å². The van der Waals surface area contributed by atoms with Crippen LogP contribution in [-0.4, -0.2) is 55.2 Å². The fraction of sp³-hybridized carbons (Fsp3) is 0.647. The Morgan fingerprint density at radius 3 is 2.87 bits per heavy atom. The summed E-state index contributed by atoms with van der Waals surface area (Å²) in [6.07, 6.45) is 16.8. The number of nitrogens with zero attached hydrogens (tertiary/aromatic N) is 1. The first-order valence-corrected chi connectivity index (χ1v) is 14.7. The van der Waals surface area contributed by atoms with Crippen LogP contribution in [0.1, 0.15) is 59.8 Å². The van der Waals surface area contributed by atoms with E-state index in [-0.39, 0.29) is 22.2 Å². The van der Waals surface area contributed by atoms with Crippen LogP contribution in [0.15, 0.2) is 65.5 Å². The molecule has 0 amide bonds. The van der Waals surface area contributed by atoms with Crippen LogP contribution in [0.4, 0.5) is 0 Å². The molecule has 4 fully saturated rings. The first-order chi connectivity index (χ1) is 18.1. The molecule has 6 unspecified atom stereocenters. The molecule has 0 bridgehead atoms. The number of hydrogen-bond acceptors (Lipinski definition) is 4. The van der Waals surface area contributed by atoms with Gasteiger partial charge in [0, 0.05) is 44.5 Å². The number of carbonyl (C=O) groups is 1. The molecule has 1 N–H and O–H groups in total. The molecule has 4 nitrogen and oxygen atoms in total. The van der Waals surface area contributed by atoms with Crippen molar-refractivity contribution in [3.05, 3.63) is 65.5 Å². The molecule has 1 saturated heterocycles. The Labute approximate surface area is 229 Å². The van der Waals surface area contributed by atoms with Gasteiger partial charge in [-0.15, -0.1) is 5.73 Å². The van der Waals surface area contributed by atoms with Gasteiger partial charge < -0.3 is 9.84 Å². The van der Waals surface area contributed by atoms with Crippen LogP contribution in [0, 0.1) is 39.9 Å². The van der Waals surface area contributed by atoms with Gasteiger partial charge in [0.05, 0.1) is 18.1 Å². The normalized spacial score (nSPS) is 42.5. The lowest BCUT2D eigenvalue weighted by molar-refractivity contribution is -0.156. The van der Waals surface area contributed by atoms with Crippen molar-refractivity contribution in [3.8, 4) is 0 Å². The molecule has 4 aliphatic carbocycles. The Hall–Kier alpha value is -1.97. The fourth-order valence-corrected chi connectivity index (χ4v) is 9.73. The average molecular weight is 518 g/mol. The number of hydrogen-bond donors (Lipinski definition) is 1. The van der Waals surface area contributed by atoms with E-state index in [1.54, 1.807) is 7.11 Å². The number of likely N-dealkylation sites (tertiary alicyclic amines) is 1. The maximum Gasteiger partial charge on any atom is 0.140 e. The zero-order chi connectivity index (χ0) is 27.3. The van der Waals surface area contributed by atoms with Crippen LogP contribution in [0.25, 0.3) is 0 Å². The zero-order valence-corrected chi connectivity index (χ0v) is 24.1. The Kier molecular flexibility index (Phi) is 7.41. The lowest BCUT2D eigenvalue weighted by Crippen LogP contribution is -2.60. The summed E-state index contributed by atoms with van der Waals surface area (Å²) in [4.78, 5) is 16.5. The number of fused-ring (bicyclic) bond motifs is 7. The molecular weight excluding hydrogens is 470 g/mol. The molecule has 1 aliphatic heterocycles. The summed E-state index contributed by atoms with van der Waals surface area (Å²) in [5, 5.41) is 12.0. The standard InChI is InChI=1S/C34H47NO3/c1-7-24(10-9-17-38-6)20-35-21-26-18-28-27-14-13-25-12-11-23(3)15-16-32(25,4)31(27)29(36)19-33(28,5)34(26,22-35)30(37)8-2/h7,9-11,15-16,26-29,31,36H,3,8,13-14,17-22H2,1-2,4-6H3/b10-9-,24-7+/t26-,27?,28?,29?,31?,32?,33?,34+/m0/s1. The number of Topliss-reactive ketones (excluding diaryl/α,β-unsaturated/α-hetero) is 1. The number of ether oxygens (including phenoxy) is 1. The molecule has 0 radical (unpaired) electrons. The molecule has 5 rings (SSSR count). The summed E-state index contributed by atoms with van der Waals surface area (Å²) in [6, 6.07) is 0. The average Bonchev–Trinajstić information content (AvgIpc) is 3.31. The van der Waals surface area contributed by atoms with Gasteiger partial charge in [-0.25, -0.2) is 0 Å². The molecule has 0 spiro atoms. The van der Waals surface area contributed by atoms with Crippen molar-refractivity contribution in [2.24, 2.45) is 39.9 Å². The number of carbonyl (C=O) groups excluding carboxylic acids is 1. The van der Waals surface area contributed by atoms with Gasteiger partial charge in [0.2, 0.25) is 0 Å². The topological polar surface area (TPSA) is 49.8 Å². The summed E-state index contributed by atoms with van der Waals surface area (Å²) >= 11 is 0. The van der Waals surface area contributed by atoms with Crippen molar-refractivity contribution in [1.82, 2.24) is 4.90 Å². The molecule has 3 saturated carbocycles. The predicted molar refractivity (Wildman–Crippen MR) is 153 cm³/mol. The van der Waals surface area contributed by atoms with E-state index < -0.39 is 6.10 Å². The van der Waals surface area contributed by atoms with Crippen LogP contribution in [-0.2, 0) is 9.53 Å². The summed E-state index contributed by atoms with van der Waals surface area (Å²) in [5.41, 5.74) is 6.33. The molecule has 38 heavy (non-hydrogen) atoms. The summed E-state index contributed by atoms with van der Waals surface area (Å²) < 4.78 is 5.20. The fourth-order valence-electron chi connectivity index (χ4n) is 9.73. The van der Waals surface area contributed by atoms with E-state index >= 15 is 0 Å². The molecular formula is C34H47NO3. The van der Waals surface area contributed by atoms with Crippen molar-refractivity contribution in [1.29, 1.82) is 0 Å². The number of ketones is 1. The van der Waals surface area contributed by atoms with Gasteiger partial charge in [-0.1, -0.05) is 57.7 Å². The van der Waals surface area contributed by atoms with Crippen LogP contribution in [0.2, 0.25) is 0 Å². The van der Waals surface area contributed by atoms with Gasteiger partial charge in [0.15, 0.2) is 0 Å². The third-order valence-corrected chi connectivity index (χ3v) is 11.4. The molecule has 1 heterocycles. The highest BCUT2D eigenvalue weighted by molar-refractivity contribution is 5.87. The lowest BCUT2D eigenvalue weighted by Gasteiger charge is -2.60. The van der Waals surface area contributed by atoms with Crippen LogP contribution in [0.5, 0.6) is 0 Å². The highest BCUT2D eigenvalue weighted by atomic mass is 16.5. The Balaban J connectivity index is 1.47. The van der Waals surface area contributed by atoms with Crippen molar-refractivity contribution >= 4 is 5.78 Å². The van der Waals surface area contributed by atoms with E-state index in [0.717, 1.165) is 44.5 Å². The minimum atomic E-state index is -0.434. The Bertz CT molecular complexity index is 1140. The number of allylic oxidation sites excluding steroid dienone is 5. The molecule has 206 valence electrons. The second-order valence-electron chi connectivity index (χ2n) is 13.1. The van der Waals surface area contributed by atoms with Gasteiger partial charge in [0.25, 0.3) is 0 Å². The Morgan fingerprint density at radius 2 is 2.16 bits per heavy atom. The van der Waals surface area contributed by atoms with Gasteiger partial charge >= 0.3 is 0 Å². The van der Waals surface area contributed by atoms with Gasteiger partial charge in [-0.3, -0.25) is 9.69 Å². The van der Waals surface area contributed by atoms with Crippen molar-refractivity contribution in [3.63, 3.8) is 0 Å². The predicted octanol–water partition coefficient (Wildman–Crippen LogP) is 6.06. The number of rotatable bonds is 7. The van der Waals surface area contributed by atoms with Gasteiger partial charge in [-0.2, -0.15) is 0 Å². The van der Waals surface area contributed by atoms with E-state index in [9.17, 15) is 9.90 Å². The van der Waals surface area contributed by atoms with Gasteiger partial charge in [0.1, 0.15) is 5.78 Å². The summed E-state index contributed by atoms with van der Waals surface area (Å²) in [6.45, 7) is 16.2. The zero-order valence-electron chi connectivity index (χ0n) is 24.1. The Morgan fingerprint density at radius 1 is 1.37 bits per heavy atom. The first kappa shape index (κ1) is 27.6. The highest BCUT2D eigenvalue weighted by Crippen LogP contribution is 2.72. The minimum absolute atomic E-state index is 0.164. The number of aliphatic hydroxyl groups is 1. The molecule has 0 aromatic heterocycles. The van der Waals surface area contributed by atoms with E-state index in [2.05, 4.69) is 68.4 Å². The summed E-state index contributed by atoms with van der Waals surface area (Å²) in [7, 11) is 1.71. The van der Waals surface area contributed by atoms with Crippen molar-refractivity contribution in [2.45, 2.75) is 65.9 Å². The highest BCUT2D eigenvalue weighted by Gasteiger charge is 2.72. The van der Waals surface area contributed by atoms with Crippen LogP contribution >= 0.6 is 0 Å². The maximum absolute atomic E-state index is 14.0. The second-order valence-corrected chi connectivity index (χ2v) is 13.1. The van der Waals surface area contributed by atoms with E-state index in [1.165, 1.54) is 11.1 Å². The first-order valence-electron chi connectivity index (χ1n) is 14.7. The number of methoxy groups -OCH3 is 1. The summed E-state index contributed by atoms with van der Waals surface area (Å²) in [5.74, 6) is 1.80. The quantitative estimate of drug-likeness (QED) is 0.329. The number of aliphatic hydroxyl groups excluding tert-OH is 1. The minimum Gasteiger partial charge on any atom is -0.393 e. The monoisotopic (exact) mass is 517 g/mol. The van der Waals surface area contributed by atoms with E-state index in [0.29, 0.717) is 43.0 Å². The third kappa shape index (κ3) is 4.03. The third-order valence-electron chi connectivity index (χ3n) is 11.4. The van der Waals surface area contributed by atoms with E-state index in [1.807, 2.05) is 13.0 Å². The molecule has 4 heteroatoms. The largest absolute Gasteiger partial charge is 0.393 e. The second kappa shape index (κ2) is 10.2. The van der Waals surface area contributed by atoms with Crippen LogP contribution in [0.3, 0.4) is 0 Å². The molecule has 0 aromatic rings. The van der Waals surface area contributed by atoms with Gasteiger partial charge in [-0.05, 0) is 78.6 Å². The molecule has 8 atom stereocenters. The van der Waals surface area contributed by atoms with E-state index in [4.69, 9.17) is 4.74 Å². The maximum atomic E-state index is 14.0. The van der Waals surface area contributed by atoms with Crippen molar-refractivity contribution < 1.29 is 14.6 Å². The SMILES string of the molecule is C=C1C=C=C2CCC3C(C(O)CC4(C)C3C[C@H]3CN(CC(/C=C\COC)=C/C)C[C@]34C(=O)CC)C2(C)C=C1. The van der Waals surface area contributed by atoms with Crippen molar-refractivity contribution in [2.75, 3.05) is 33.4 Å². The lowest BCUT2D eigenvalue weighted by atomic mass is 9.45. The molecule has 0 aromatic carbocycles. The smallest absolute Gasteiger partial charge is 0.140 e. The molecule has 5 aliphatic rings.